The first-order chi connectivity index (χ1) is 10.9. The Morgan fingerprint density at radius 1 is 1.22 bits per heavy atom. The largest absolute Gasteiger partial charge is 0.478 e. The van der Waals surface area contributed by atoms with Crippen LogP contribution in [0.4, 0.5) is 8.78 Å². The van der Waals surface area contributed by atoms with Crippen LogP contribution in [0.3, 0.4) is 0 Å². The van der Waals surface area contributed by atoms with Crippen molar-refractivity contribution in [2.45, 2.75) is 13.0 Å². The Hall–Kier alpha value is -1.89. The van der Waals surface area contributed by atoms with E-state index in [2.05, 4.69) is 0 Å². The summed E-state index contributed by atoms with van der Waals surface area (Å²) >= 11 is 5.49. The second kappa shape index (κ2) is 7.59. The number of carbonyl (C=O) groups is 2. The van der Waals surface area contributed by atoms with Gasteiger partial charge < -0.3 is 14.5 Å². The molecule has 1 unspecified atom stereocenters. The lowest BCUT2D eigenvalue weighted by Crippen LogP contribution is -2.53. The molecular formula is C15H17ClF2N2O3. The van der Waals surface area contributed by atoms with Crippen LogP contribution in [0.5, 0.6) is 5.75 Å². The number of hydrogen-bond acceptors (Lipinski definition) is 3. The lowest BCUT2D eigenvalue weighted by Gasteiger charge is -2.35. The Labute approximate surface area is 137 Å². The van der Waals surface area contributed by atoms with Crippen molar-refractivity contribution in [3.63, 3.8) is 0 Å². The summed E-state index contributed by atoms with van der Waals surface area (Å²) in [5.41, 5.74) is 0. The minimum absolute atomic E-state index is 0.0910. The summed E-state index contributed by atoms with van der Waals surface area (Å²) < 4.78 is 31.9. The molecule has 23 heavy (non-hydrogen) atoms. The van der Waals surface area contributed by atoms with Crippen LogP contribution in [-0.4, -0.2) is 59.8 Å². The lowest BCUT2D eigenvalue weighted by molar-refractivity contribution is -0.143. The molecule has 1 aromatic rings. The second-order valence-corrected chi connectivity index (χ2v) is 5.42. The first kappa shape index (κ1) is 17.5. The fourth-order valence-corrected chi connectivity index (χ4v) is 2.50. The molecule has 8 heteroatoms. The molecule has 2 rings (SSSR count). The zero-order valence-electron chi connectivity index (χ0n) is 12.6. The van der Waals surface area contributed by atoms with Crippen LogP contribution in [0.15, 0.2) is 18.2 Å². The zero-order valence-corrected chi connectivity index (χ0v) is 13.4. The van der Waals surface area contributed by atoms with Crippen LogP contribution in [0, 0.1) is 11.6 Å². The third-order valence-corrected chi connectivity index (χ3v) is 3.85. The van der Waals surface area contributed by atoms with E-state index >= 15 is 0 Å². The Balaban J connectivity index is 1.93. The highest BCUT2D eigenvalue weighted by atomic mass is 35.5. The average molecular weight is 347 g/mol. The molecule has 0 spiro atoms. The fraction of sp³-hybridized carbons (Fsp3) is 0.467. The van der Waals surface area contributed by atoms with Crippen LogP contribution in [-0.2, 0) is 9.59 Å². The standard InChI is InChI=1S/C15H17ClF2N2O3/c1-10(23-12-4-2-3-11(17)14(12)18)15(22)20-7-5-19(6-8-20)13(21)9-16/h2-4,10H,5-9H2,1H3. The molecule has 1 aliphatic heterocycles. The van der Waals surface area contributed by atoms with Crippen molar-refractivity contribution in [1.29, 1.82) is 0 Å². The number of nitrogens with zero attached hydrogens (tertiary/aromatic N) is 2. The van der Waals surface area contributed by atoms with Gasteiger partial charge in [0.25, 0.3) is 5.91 Å². The number of benzene rings is 1. The normalized spacial score (nSPS) is 16.2. The van der Waals surface area contributed by atoms with Crippen LogP contribution in [0.25, 0.3) is 0 Å². The van der Waals surface area contributed by atoms with Gasteiger partial charge >= 0.3 is 0 Å². The van der Waals surface area contributed by atoms with Crippen LogP contribution in [0.1, 0.15) is 6.92 Å². The van der Waals surface area contributed by atoms with E-state index in [-0.39, 0.29) is 23.4 Å². The number of amides is 2. The van der Waals surface area contributed by atoms with E-state index in [9.17, 15) is 18.4 Å². The van der Waals surface area contributed by atoms with Crippen molar-refractivity contribution < 1.29 is 23.1 Å². The molecule has 2 amide bonds. The summed E-state index contributed by atoms with van der Waals surface area (Å²) in [6, 6.07) is 3.54. The van der Waals surface area contributed by atoms with Gasteiger partial charge in [0.2, 0.25) is 11.7 Å². The number of piperazine rings is 1. The minimum Gasteiger partial charge on any atom is -0.478 e. The quantitative estimate of drug-likeness (QED) is 0.779. The van der Waals surface area contributed by atoms with E-state index in [0.29, 0.717) is 26.2 Å². The van der Waals surface area contributed by atoms with Gasteiger partial charge in [-0.05, 0) is 19.1 Å². The van der Waals surface area contributed by atoms with Gasteiger partial charge in [0.05, 0.1) is 0 Å². The molecule has 0 aliphatic carbocycles. The maximum Gasteiger partial charge on any atom is 0.263 e. The van der Waals surface area contributed by atoms with E-state index in [0.717, 1.165) is 6.07 Å². The van der Waals surface area contributed by atoms with Gasteiger partial charge in [0.15, 0.2) is 17.7 Å². The molecule has 0 saturated carbocycles. The van der Waals surface area contributed by atoms with Crippen LogP contribution in [0.2, 0.25) is 0 Å². The Bertz CT molecular complexity index is 592. The Morgan fingerprint density at radius 3 is 2.43 bits per heavy atom. The van der Waals surface area contributed by atoms with Crippen molar-refractivity contribution in [3.05, 3.63) is 29.8 Å². The summed E-state index contributed by atoms with van der Waals surface area (Å²) in [6.45, 7) is 2.95. The Morgan fingerprint density at radius 2 is 1.83 bits per heavy atom. The number of carbonyl (C=O) groups excluding carboxylic acids is 2. The smallest absolute Gasteiger partial charge is 0.263 e. The molecule has 126 valence electrons. The van der Waals surface area contributed by atoms with Gasteiger partial charge in [-0.15, -0.1) is 11.6 Å². The van der Waals surface area contributed by atoms with Gasteiger partial charge in [-0.2, -0.15) is 4.39 Å². The van der Waals surface area contributed by atoms with Crippen molar-refractivity contribution in [3.8, 4) is 5.75 Å². The third-order valence-electron chi connectivity index (χ3n) is 3.63. The van der Waals surface area contributed by atoms with Gasteiger partial charge in [0, 0.05) is 26.2 Å². The maximum atomic E-state index is 13.6. The molecule has 0 radical (unpaired) electrons. The molecule has 5 nitrogen and oxygen atoms in total. The molecule has 1 aromatic carbocycles. The lowest BCUT2D eigenvalue weighted by atomic mass is 10.2. The van der Waals surface area contributed by atoms with E-state index in [1.807, 2.05) is 0 Å². The highest BCUT2D eigenvalue weighted by Crippen LogP contribution is 2.21. The second-order valence-electron chi connectivity index (χ2n) is 5.15. The number of rotatable bonds is 4. The number of hydrogen-bond donors (Lipinski definition) is 0. The topological polar surface area (TPSA) is 49.9 Å². The molecule has 1 aliphatic rings. The van der Waals surface area contributed by atoms with Gasteiger partial charge in [0.1, 0.15) is 5.88 Å². The van der Waals surface area contributed by atoms with Gasteiger partial charge in [-0.3, -0.25) is 9.59 Å². The number of alkyl halides is 1. The van der Waals surface area contributed by atoms with Crippen LogP contribution >= 0.6 is 11.6 Å². The SMILES string of the molecule is CC(Oc1cccc(F)c1F)C(=O)N1CCN(C(=O)CCl)CC1. The van der Waals surface area contributed by atoms with E-state index in [1.54, 1.807) is 4.90 Å². The van der Waals surface area contributed by atoms with E-state index < -0.39 is 17.7 Å². The van der Waals surface area contributed by atoms with E-state index in [4.69, 9.17) is 16.3 Å². The first-order valence-corrected chi connectivity index (χ1v) is 7.70. The first-order valence-electron chi connectivity index (χ1n) is 7.17. The molecule has 1 fully saturated rings. The summed E-state index contributed by atoms with van der Waals surface area (Å²) in [6.07, 6.45) is -0.957. The van der Waals surface area contributed by atoms with Crippen molar-refractivity contribution in [2.75, 3.05) is 32.1 Å². The van der Waals surface area contributed by atoms with Gasteiger partial charge in [-0.1, -0.05) is 6.07 Å². The fourth-order valence-electron chi connectivity index (χ4n) is 2.33. The van der Waals surface area contributed by atoms with Crippen LogP contribution < -0.4 is 4.74 Å². The number of ether oxygens (including phenoxy) is 1. The minimum atomic E-state index is -1.12. The summed E-state index contributed by atoms with van der Waals surface area (Å²) in [7, 11) is 0. The third kappa shape index (κ3) is 4.10. The van der Waals surface area contributed by atoms with Crippen molar-refractivity contribution >= 4 is 23.4 Å². The molecular weight excluding hydrogens is 330 g/mol. The molecule has 1 saturated heterocycles. The van der Waals surface area contributed by atoms with Gasteiger partial charge in [-0.25, -0.2) is 4.39 Å². The van der Waals surface area contributed by atoms with E-state index in [1.165, 1.54) is 24.0 Å². The molecule has 1 heterocycles. The summed E-state index contributed by atoms with van der Waals surface area (Å²) in [5, 5.41) is 0. The summed E-state index contributed by atoms with van der Waals surface area (Å²) in [5.74, 6) is -3.06. The monoisotopic (exact) mass is 346 g/mol. The molecule has 0 aromatic heterocycles. The highest BCUT2D eigenvalue weighted by molar-refractivity contribution is 6.27. The highest BCUT2D eigenvalue weighted by Gasteiger charge is 2.28. The van der Waals surface area contributed by atoms with Crippen molar-refractivity contribution in [1.82, 2.24) is 9.80 Å². The predicted octanol–water partition coefficient (Wildman–Crippen LogP) is 1.64. The average Bonchev–Trinajstić information content (AvgIpc) is 2.57. The van der Waals surface area contributed by atoms with Crippen molar-refractivity contribution in [2.24, 2.45) is 0 Å². The molecule has 1 atom stereocenters. The summed E-state index contributed by atoms with van der Waals surface area (Å²) in [4.78, 5) is 26.9. The number of halogens is 3. The molecule has 0 N–H and O–H groups in total. The zero-order chi connectivity index (χ0) is 17.0. The maximum absolute atomic E-state index is 13.6. The predicted molar refractivity (Wildman–Crippen MR) is 80.3 cm³/mol. The Kier molecular flexibility index (Phi) is 5.76. The molecule has 0 bridgehead atoms.